The molecule has 5 aromatic rings. The molecule has 0 spiro atoms. The average molecular weight is 415 g/mol. The van der Waals surface area contributed by atoms with Crippen LogP contribution >= 0.6 is 7.26 Å². The highest BCUT2D eigenvalue weighted by atomic mass is 31.2. The maximum atomic E-state index is 2.40. The van der Waals surface area contributed by atoms with Crippen LogP contribution in [0.4, 0.5) is 0 Å². The van der Waals surface area contributed by atoms with Gasteiger partial charge in [0.25, 0.3) is 0 Å². The van der Waals surface area contributed by atoms with Crippen LogP contribution in [0.25, 0.3) is 11.1 Å². The van der Waals surface area contributed by atoms with Crippen LogP contribution in [-0.4, -0.2) is 0 Å². The van der Waals surface area contributed by atoms with Gasteiger partial charge >= 0.3 is 0 Å². The molecule has 0 aliphatic carbocycles. The van der Waals surface area contributed by atoms with E-state index >= 15 is 0 Å². The van der Waals surface area contributed by atoms with E-state index in [4.69, 9.17) is 0 Å². The van der Waals surface area contributed by atoms with E-state index in [2.05, 4.69) is 146 Å². The van der Waals surface area contributed by atoms with Gasteiger partial charge in [-0.05, 0) is 59.7 Å². The van der Waals surface area contributed by atoms with Crippen LogP contribution in [0, 0.1) is 0 Å². The molecule has 0 radical (unpaired) electrons. The maximum absolute atomic E-state index is 2.40. The molecule has 31 heavy (non-hydrogen) atoms. The fraction of sp³-hybridized carbons (Fsp3) is 0. The van der Waals surface area contributed by atoms with Crippen molar-refractivity contribution in [2.24, 2.45) is 0 Å². The first-order chi connectivity index (χ1) is 15.4. The Morgan fingerprint density at radius 2 is 0.645 bits per heavy atom. The molecule has 0 heterocycles. The Labute approximate surface area is 185 Å². The average Bonchev–Trinajstić information content (AvgIpc) is 2.87. The topological polar surface area (TPSA) is 0 Å². The summed E-state index contributed by atoms with van der Waals surface area (Å²) < 4.78 is 0. The quantitative estimate of drug-likeness (QED) is 0.310. The molecule has 0 nitrogen and oxygen atoms in total. The Morgan fingerprint density at radius 1 is 0.290 bits per heavy atom. The second kappa shape index (κ2) is 8.72. The van der Waals surface area contributed by atoms with Crippen molar-refractivity contribution in [3.05, 3.63) is 146 Å². The third kappa shape index (κ3) is 3.61. The van der Waals surface area contributed by atoms with Crippen molar-refractivity contribution in [3.63, 3.8) is 0 Å². The predicted molar refractivity (Wildman–Crippen MR) is 137 cm³/mol. The molecule has 0 saturated heterocycles. The predicted octanol–water partition coefficient (Wildman–Crippen LogP) is 5.97. The molecule has 0 N–H and O–H groups in total. The van der Waals surface area contributed by atoms with Crippen LogP contribution in [0.15, 0.2) is 146 Å². The minimum atomic E-state index is -2.05. The van der Waals surface area contributed by atoms with Gasteiger partial charge in [-0.1, -0.05) is 97.1 Å². The highest BCUT2D eigenvalue weighted by molar-refractivity contribution is 8.01. The van der Waals surface area contributed by atoms with Crippen LogP contribution in [0.1, 0.15) is 0 Å². The molecule has 0 bridgehead atoms. The van der Waals surface area contributed by atoms with E-state index in [1.54, 1.807) is 0 Å². The number of rotatable bonds is 5. The summed E-state index contributed by atoms with van der Waals surface area (Å²) >= 11 is 0. The van der Waals surface area contributed by atoms with E-state index in [1.165, 1.54) is 32.3 Å². The highest BCUT2D eigenvalue weighted by Gasteiger charge is 2.47. The fourth-order valence-corrected chi connectivity index (χ4v) is 8.66. The van der Waals surface area contributed by atoms with Crippen molar-refractivity contribution < 1.29 is 0 Å². The van der Waals surface area contributed by atoms with Crippen LogP contribution in [0.2, 0.25) is 0 Å². The SMILES string of the molecule is c1ccc(-c2cccc([P+](c3ccccc3)(c3ccccc3)c3ccccc3)c2)cc1. The number of hydrogen-bond donors (Lipinski definition) is 0. The molecule has 0 saturated carbocycles. The van der Waals surface area contributed by atoms with Gasteiger partial charge in [0.05, 0.1) is 0 Å². The molecule has 148 valence electrons. The third-order valence-corrected chi connectivity index (χ3v) is 10.0. The summed E-state index contributed by atoms with van der Waals surface area (Å²) in [6.07, 6.45) is 0. The lowest BCUT2D eigenvalue weighted by molar-refractivity contribution is 1.63. The van der Waals surface area contributed by atoms with Crippen molar-refractivity contribution >= 4 is 28.5 Å². The molecule has 1 heteroatoms. The van der Waals surface area contributed by atoms with Gasteiger partial charge in [-0.15, -0.1) is 0 Å². The van der Waals surface area contributed by atoms with Gasteiger partial charge in [0.15, 0.2) is 0 Å². The Balaban J connectivity index is 1.85. The minimum absolute atomic E-state index is 1.25. The standard InChI is InChI=1S/C30H24P/c1-5-14-25(15-6-1)26-16-13-23-30(24-26)31(27-17-7-2-8-18-27,28-19-9-3-10-20-28)29-21-11-4-12-22-29/h1-24H/q+1. The van der Waals surface area contributed by atoms with E-state index in [9.17, 15) is 0 Å². The fourth-order valence-electron chi connectivity index (χ4n) is 4.37. The van der Waals surface area contributed by atoms with Gasteiger partial charge in [-0.3, -0.25) is 0 Å². The lowest BCUT2D eigenvalue weighted by Gasteiger charge is -2.28. The Kier molecular flexibility index (Phi) is 5.48. The van der Waals surface area contributed by atoms with Crippen molar-refractivity contribution in [1.29, 1.82) is 0 Å². The molecule has 0 amide bonds. The Bertz CT molecular complexity index is 1150. The normalized spacial score (nSPS) is 11.2. The summed E-state index contributed by atoms with van der Waals surface area (Å²) in [5.41, 5.74) is 2.50. The van der Waals surface area contributed by atoms with E-state index < -0.39 is 7.26 Å². The zero-order valence-electron chi connectivity index (χ0n) is 17.3. The van der Waals surface area contributed by atoms with Gasteiger partial charge in [0.1, 0.15) is 28.5 Å². The molecule has 0 fully saturated rings. The molecule has 5 rings (SSSR count). The van der Waals surface area contributed by atoms with Gasteiger partial charge in [-0.25, -0.2) is 0 Å². The zero-order chi connectivity index (χ0) is 20.9. The van der Waals surface area contributed by atoms with Crippen LogP contribution in [0.5, 0.6) is 0 Å². The smallest absolute Gasteiger partial charge is 0.0622 e. The first-order valence-electron chi connectivity index (χ1n) is 10.6. The minimum Gasteiger partial charge on any atom is -0.0622 e. The molecular weight excluding hydrogens is 391 g/mol. The largest absolute Gasteiger partial charge is 0.144 e. The molecule has 5 aromatic carbocycles. The van der Waals surface area contributed by atoms with E-state index in [1.807, 2.05) is 0 Å². The third-order valence-electron chi connectivity index (χ3n) is 5.77. The van der Waals surface area contributed by atoms with Gasteiger partial charge in [0, 0.05) is 0 Å². The second-order valence-corrected chi connectivity index (χ2v) is 11.0. The lowest BCUT2D eigenvalue weighted by Crippen LogP contribution is -2.38. The van der Waals surface area contributed by atoms with Crippen LogP contribution in [-0.2, 0) is 0 Å². The van der Waals surface area contributed by atoms with E-state index in [0.717, 1.165) is 0 Å². The van der Waals surface area contributed by atoms with Crippen molar-refractivity contribution in [3.8, 4) is 11.1 Å². The van der Waals surface area contributed by atoms with E-state index in [-0.39, 0.29) is 0 Å². The summed E-state index contributed by atoms with van der Waals surface area (Å²) in [6, 6.07) is 52.9. The Hall–Kier alpha value is -3.47. The lowest BCUT2D eigenvalue weighted by atomic mass is 10.1. The number of benzene rings is 5. The molecule has 0 aliphatic rings. The van der Waals surface area contributed by atoms with Crippen molar-refractivity contribution in [1.82, 2.24) is 0 Å². The summed E-state index contributed by atoms with van der Waals surface area (Å²) in [5.74, 6) is 0. The van der Waals surface area contributed by atoms with Crippen LogP contribution in [0.3, 0.4) is 0 Å². The van der Waals surface area contributed by atoms with E-state index in [0.29, 0.717) is 0 Å². The summed E-state index contributed by atoms with van der Waals surface area (Å²) in [6.45, 7) is 0. The molecule has 0 aliphatic heterocycles. The van der Waals surface area contributed by atoms with Crippen molar-refractivity contribution in [2.45, 2.75) is 0 Å². The molecular formula is C30H24P+. The van der Waals surface area contributed by atoms with Gasteiger partial charge < -0.3 is 0 Å². The maximum Gasteiger partial charge on any atom is 0.144 e. The van der Waals surface area contributed by atoms with Gasteiger partial charge in [0.2, 0.25) is 0 Å². The summed E-state index contributed by atoms with van der Waals surface area (Å²) in [5, 5.41) is 5.49. The van der Waals surface area contributed by atoms with Crippen molar-refractivity contribution in [2.75, 3.05) is 0 Å². The summed E-state index contributed by atoms with van der Waals surface area (Å²) in [7, 11) is -2.05. The monoisotopic (exact) mass is 415 g/mol. The first kappa shape index (κ1) is 19.5. The van der Waals surface area contributed by atoms with Gasteiger partial charge in [-0.2, -0.15) is 0 Å². The zero-order valence-corrected chi connectivity index (χ0v) is 18.2. The summed E-state index contributed by atoms with van der Waals surface area (Å²) in [4.78, 5) is 0. The molecule has 0 atom stereocenters. The molecule has 0 aromatic heterocycles. The second-order valence-electron chi connectivity index (χ2n) is 7.59. The van der Waals surface area contributed by atoms with Crippen LogP contribution < -0.4 is 21.2 Å². The number of hydrogen-bond acceptors (Lipinski definition) is 0. The Morgan fingerprint density at radius 3 is 1.10 bits per heavy atom. The highest BCUT2D eigenvalue weighted by Crippen LogP contribution is 2.54. The first-order valence-corrected chi connectivity index (χ1v) is 12.4. The molecule has 0 unspecified atom stereocenters.